The molecule has 1 aromatic carbocycles. The van der Waals surface area contributed by atoms with Gasteiger partial charge in [-0.25, -0.2) is 0 Å². The van der Waals surface area contributed by atoms with Crippen LogP contribution in [-0.2, 0) is 0 Å². The number of ether oxygens (including phenoxy) is 2. The van der Waals surface area contributed by atoms with Crippen LogP contribution in [-0.4, -0.2) is 24.2 Å². The van der Waals surface area contributed by atoms with Gasteiger partial charge in [0.2, 0.25) is 5.95 Å². The van der Waals surface area contributed by atoms with Gasteiger partial charge in [-0.1, -0.05) is 11.6 Å². The molecule has 0 aliphatic rings. The maximum absolute atomic E-state index is 6.04. The van der Waals surface area contributed by atoms with Crippen LogP contribution in [0.4, 0.5) is 23.3 Å². The molecular weight excluding hydrogens is 282 g/mol. The molecule has 0 saturated heterocycles. The summed E-state index contributed by atoms with van der Waals surface area (Å²) in [6.07, 6.45) is 0. The first-order valence-corrected chi connectivity index (χ1v) is 6.00. The van der Waals surface area contributed by atoms with Crippen molar-refractivity contribution in [2.45, 2.75) is 0 Å². The van der Waals surface area contributed by atoms with E-state index in [-0.39, 0.29) is 11.8 Å². The van der Waals surface area contributed by atoms with Crippen molar-refractivity contribution in [1.82, 2.24) is 9.97 Å². The second-order valence-electron chi connectivity index (χ2n) is 3.85. The Balaban J connectivity index is 2.41. The Labute approximate surface area is 120 Å². The summed E-state index contributed by atoms with van der Waals surface area (Å²) in [5.41, 5.74) is 11.8. The van der Waals surface area contributed by atoms with E-state index in [0.717, 1.165) is 0 Å². The molecule has 0 fully saturated rings. The van der Waals surface area contributed by atoms with E-state index in [1.807, 2.05) is 0 Å². The van der Waals surface area contributed by atoms with Crippen LogP contribution in [0, 0.1) is 0 Å². The van der Waals surface area contributed by atoms with Gasteiger partial charge in [0.1, 0.15) is 23.1 Å². The highest BCUT2D eigenvalue weighted by molar-refractivity contribution is 6.32. The number of benzene rings is 1. The number of rotatable bonds is 4. The number of methoxy groups -OCH3 is 2. The molecule has 2 rings (SSSR count). The predicted molar refractivity (Wildman–Crippen MR) is 78.7 cm³/mol. The Morgan fingerprint density at radius 1 is 1.05 bits per heavy atom. The fourth-order valence-electron chi connectivity index (χ4n) is 1.65. The van der Waals surface area contributed by atoms with Crippen molar-refractivity contribution in [1.29, 1.82) is 0 Å². The van der Waals surface area contributed by atoms with Gasteiger partial charge in [0.05, 0.1) is 24.9 Å². The van der Waals surface area contributed by atoms with Gasteiger partial charge in [0, 0.05) is 18.2 Å². The average molecular weight is 296 g/mol. The number of anilines is 4. The molecule has 20 heavy (non-hydrogen) atoms. The number of hydrogen-bond donors (Lipinski definition) is 3. The fraction of sp³-hybridized carbons (Fsp3) is 0.167. The van der Waals surface area contributed by atoms with Gasteiger partial charge >= 0.3 is 0 Å². The van der Waals surface area contributed by atoms with E-state index in [9.17, 15) is 0 Å². The maximum Gasteiger partial charge on any atom is 0.223 e. The van der Waals surface area contributed by atoms with Gasteiger partial charge in [-0.3, -0.25) is 0 Å². The van der Waals surface area contributed by atoms with Crippen LogP contribution in [0.2, 0.25) is 5.02 Å². The normalized spacial score (nSPS) is 10.2. The van der Waals surface area contributed by atoms with Crippen molar-refractivity contribution in [3.05, 3.63) is 23.2 Å². The van der Waals surface area contributed by atoms with E-state index in [1.165, 1.54) is 14.2 Å². The van der Waals surface area contributed by atoms with Crippen LogP contribution in [0.3, 0.4) is 0 Å². The van der Waals surface area contributed by atoms with Crippen LogP contribution < -0.4 is 26.3 Å². The maximum atomic E-state index is 6.04. The molecule has 0 saturated carbocycles. The van der Waals surface area contributed by atoms with Crippen LogP contribution in [0.5, 0.6) is 11.5 Å². The Morgan fingerprint density at radius 3 is 2.35 bits per heavy atom. The lowest BCUT2D eigenvalue weighted by Gasteiger charge is -2.13. The zero-order valence-corrected chi connectivity index (χ0v) is 11.7. The lowest BCUT2D eigenvalue weighted by Crippen LogP contribution is -2.04. The van der Waals surface area contributed by atoms with Crippen molar-refractivity contribution in [3.63, 3.8) is 0 Å². The zero-order valence-electron chi connectivity index (χ0n) is 11.0. The minimum atomic E-state index is 0.0763. The second-order valence-corrected chi connectivity index (χ2v) is 4.26. The van der Waals surface area contributed by atoms with Crippen LogP contribution in [0.15, 0.2) is 18.2 Å². The molecule has 0 atom stereocenters. The lowest BCUT2D eigenvalue weighted by atomic mass is 10.2. The molecule has 5 N–H and O–H groups in total. The third-order valence-corrected chi connectivity index (χ3v) is 2.80. The van der Waals surface area contributed by atoms with Gasteiger partial charge < -0.3 is 26.3 Å². The number of nitrogens with one attached hydrogen (secondary N) is 1. The minimum Gasteiger partial charge on any atom is -0.495 e. The molecule has 2 aromatic rings. The Hall–Kier alpha value is -2.41. The number of nitrogens with zero attached hydrogens (tertiary/aromatic N) is 2. The number of nitrogen functional groups attached to an aromatic ring is 2. The van der Waals surface area contributed by atoms with Gasteiger partial charge in [-0.05, 0) is 0 Å². The Morgan fingerprint density at radius 2 is 1.75 bits per heavy atom. The molecular formula is C12H14ClN5O2. The Kier molecular flexibility index (Phi) is 3.99. The molecule has 8 heteroatoms. The van der Waals surface area contributed by atoms with E-state index in [2.05, 4.69) is 15.3 Å². The Bertz CT molecular complexity index is 615. The largest absolute Gasteiger partial charge is 0.495 e. The first-order chi connectivity index (χ1) is 9.53. The first-order valence-electron chi connectivity index (χ1n) is 5.62. The predicted octanol–water partition coefficient (Wildman–Crippen LogP) is 2.06. The third-order valence-electron chi connectivity index (χ3n) is 2.50. The van der Waals surface area contributed by atoms with E-state index >= 15 is 0 Å². The van der Waals surface area contributed by atoms with Crippen LogP contribution in [0.25, 0.3) is 0 Å². The van der Waals surface area contributed by atoms with Crippen molar-refractivity contribution in [3.8, 4) is 11.5 Å². The SMILES string of the molecule is COc1cc(Nc2cc(N)nc(N)n2)c(OC)cc1Cl. The molecule has 0 unspecified atom stereocenters. The van der Waals surface area contributed by atoms with E-state index in [0.29, 0.717) is 28.0 Å². The van der Waals surface area contributed by atoms with Gasteiger partial charge in [0.15, 0.2) is 0 Å². The summed E-state index contributed by atoms with van der Waals surface area (Å²) in [6.45, 7) is 0. The molecule has 1 heterocycles. The van der Waals surface area contributed by atoms with Gasteiger partial charge in [0.25, 0.3) is 0 Å². The summed E-state index contributed by atoms with van der Waals surface area (Å²) < 4.78 is 10.4. The number of nitrogens with two attached hydrogens (primary N) is 2. The number of hydrogen-bond acceptors (Lipinski definition) is 7. The van der Waals surface area contributed by atoms with E-state index in [4.69, 9.17) is 32.5 Å². The monoisotopic (exact) mass is 295 g/mol. The summed E-state index contributed by atoms with van der Waals surface area (Å²) in [4.78, 5) is 7.82. The molecule has 0 amide bonds. The van der Waals surface area contributed by atoms with Crippen LogP contribution in [0.1, 0.15) is 0 Å². The summed E-state index contributed by atoms with van der Waals surface area (Å²) in [6, 6.07) is 4.88. The lowest BCUT2D eigenvalue weighted by molar-refractivity contribution is 0.405. The highest BCUT2D eigenvalue weighted by Crippen LogP contribution is 2.37. The molecule has 0 bridgehead atoms. The van der Waals surface area contributed by atoms with E-state index < -0.39 is 0 Å². The third kappa shape index (κ3) is 2.94. The molecule has 7 nitrogen and oxygen atoms in total. The summed E-state index contributed by atoms with van der Waals surface area (Å²) >= 11 is 6.04. The highest BCUT2D eigenvalue weighted by Gasteiger charge is 2.11. The smallest absolute Gasteiger partial charge is 0.223 e. The van der Waals surface area contributed by atoms with Gasteiger partial charge in [-0.2, -0.15) is 9.97 Å². The quantitative estimate of drug-likeness (QED) is 0.792. The fourth-order valence-corrected chi connectivity index (χ4v) is 1.88. The molecule has 0 aliphatic carbocycles. The number of aromatic nitrogens is 2. The van der Waals surface area contributed by atoms with Gasteiger partial charge in [-0.15, -0.1) is 0 Å². The molecule has 0 spiro atoms. The summed E-state index contributed by atoms with van der Waals surface area (Å²) in [5.74, 6) is 1.82. The topological polar surface area (TPSA) is 108 Å². The molecule has 0 aliphatic heterocycles. The molecule has 1 aromatic heterocycles. The minimum absolute atomic E-state index is 0.0763. The van der Waals surface area contributed by atoms with Crippen LogP contribution >= 0.6 is 11.6 Å². The first kappa shape index (κ1) is 14.0. The summed E-state index contributed by atoms with van der Waals surface area (Å²) in [5, 5.41) is 3.47. The average Bonchev–Trinajstić information content (AvgIpc) is 2.39. The van der Waals surface area contributed by atoms with Crippen molar-refractivity contribution in [2.24, 2.45) is 0 Å². The van der Waals surface area contributed by atoms with Crippen molar-refractivity contribution < 1.29 is 9.47 Å². The van der Waals surface area contributed by atoms with E-state index in [1.54, 1.807) is 18.2 Å². The molecule has 106 valence electrons. The standard InChI is InChI=1S/C12H14ClN5O2/c1-19-8-4-7(9(20-2)3-6(8)13)16-11-5-10(14)17-12(15)18-11/h3-5H,1-2H3,(H5,14,15,16,17,18). The summed E-state index contributed by atoms with van der Waals surface area (Å²) in [7, 11) is 3.06. The highest BCUT2D eigenvalue weighted by atomic mass is 35.5. The second kappa shape index (κ2) is 5.70. The van der Waals surface area contributed by atoms with Crippen molar-refractivity contribution >= 4 is 34.9 Å². The van der Waals surface area contributed by atoms with Crippen molar-refractivity contribution in [2.75, 3.05) is 31.0 Å². The molecule has 0 radical (unpaired) electrons. The zero-order chi connectivity index (χ0) is 14.7. The number of halogens is 1.